The summed E-state index contributed by atoms with van der Waals surface area (Å²) >= 11 is 0. The molecule has 5 heterocycles. The van der Waals surface area contributed by atoms with Crippen LogP contribution < -0.4 is 27.1 Å². The van der Waals surface area contributed by atoms with E-state index < -0.39 is 29.7 Å². The summed E-state index contributed by atoms with van der Waals surface area (Å²) in [5.74, 6) is -3.40. The molecular weight excluding hydrogens is 650 g/mol. The fourth-order valence-electron chi connectivity index (χ4n) is 6.89. The average molecular weight is 694 g/mol. The Balaban J connectivity index is 1.97. The molecular formula is C39H43N5O7. The first-order valence-electron chi connectivity index (χ1n) is 16.7. The molecule has 12 nitrogen and oxygen atoms in total. The molecule has 0 amide bonds. The van der Waals surface area contributed by atoms with E-state index in [-0.39, 0.29) is 44.1 Å². The fourth-order valence-corrected chi connectivity index (χ4v) is 6.89. The van der Waals surface area contributed by atoms with Crippen LogP contribution in [-0.4, -0.2) is 65.0 Å². The van der Waals surface area contributed by atoms with Crippen LogP contribution in [0.15, 0.2) is 13.2 Å². The molecule has 4 aromatic rings. The lowest BCUT2D eigenvalue weighted by molar-refractivity contribution is -0.138. The van der Waals surface area contributed by atoms with E-state index in [1.807, 2.05) is 45.9 Å². The number of aromatic nitrogens is 4. The van der Waals surface area contributed by atoms with Crippen molar-refractivity contribution < 1.29 is 34.5 Å². The number of H-pyrrole nitrogens is 4. The summed E-state index contributed by atoms with van der Waals surface area (Å²) in [5.41, 5.74) is 15.3. The Hall–Kier alpha value is -5.88. The first-order chi connectivity index (χ1) is 24.2. The van der Waals surface area contributed by atoms with Crippen molar-refractivity contribution in [1.82, 2.24) is 19.9 Å². The minimum Gasteiger partial charge on any atom is -0.481 e. The molecule has 4 aromatic heterocycles. The molecule has 51 heavy (non-hydrogen) atoms. The van der Waals surface area contributed by atoms with Gasteiger partial charge in [-0.3, -0.25) is 19.2 Å². The van der Waals surface area contributed by atoms with Crippen LogP contribution in [0.4, 0.5) is 0 Å². The van der Waals surface area contributed by atoms with Crippen LogP contribution in [-0.2, 0) is 32.0 Å². The smallest absolute Gasteiger partial charge is 0.303 e. The van der Waals surface area contributed by atoms with Crippen LogP contribution in [0.2, 0.25) is 0 Å². The van der Waals surface area contributed by atoms with Gasteiger partial charge in [-0.05, 0) is 98.6 Å². The number of Topliss-reactive ketones (excluding diaryl/α,β-unsaturated/α-hetero) is 1. The molecule has 1 atom stereocenters. The molecule has 0 saturated carbocycles. The quantitative estimate of drug-likeness (QED) is 0.104. The van der Waals surface area contributed by atoms with E-state index in [9.17, 15) is 34.5 Å². The molecule has 0 aromatic carbocycles. The highest BCUT2D eigenvalue weighted by atomic mass is 16.4. The van der Waals surface area contributed by atoms with Gasteiger partial charge in [0, 0.05) is 63.5 Å². The minimum absolute atomic E-state index is 0.0730. The van der Waals surface area contributed by atoms with Crippen LogP contribution in [0.1, 0.15) is 93.0 Å². The summed E-state index contributed by atoms with van der Waals surface area (Å²) in [7, 11) is 0. The van der Waals surface area contributed by atoms with Gasteiger partial charge in [-0.2, -0.15) is 0 Å². The monoisotopic (exact) mass is 693 g/mol. The molecule has 0 fully saturated rings. The zero-order valence-corrected chi connectivity index (χ0v) is 29.2. The van der Waals surface area contributed by atoms with Crippen LogP contribution in [0.5, 0.6) is 0 Å². The lowest BCUT2D eigenvalue weighted by atomic mass is 9.94. The van der Waals surface area contributed by atoms with Crippen molar-refractivity contribution in [3.63, 3.8) is 0 Å². The zero-order chi connectivity index (χ0) is 37.3. The number of carbonyl (C=O) groups excluding carboxylic acids is 1. The molecule has 9 N–H and O–H groups in total. The van der Waals surface area contributed by atoms with Crippen LogP contribution in [0, 0.1) is 27.7 Å². The van der Waals surface area contributed by atoms with E-state index in [0.29, 0.717) is 49.7 Å². The number of rotatable bonds is 13. The van der Waals surface area contributed by atoms with Gasteiger partial charge < -0.3 is 41.0 Å². The molecule has 1 aliphatic rings. The molecule has 0 aliphatic carbocycles. The number of carboxylic acids is 3. The van der Waals surface area contributed by atoms with E-state index in [2.05, 4.69) is 33.1 Å². The number of hydrogen-bond acceptors (Lipinski definition) is 5. The van der Waals surface area contributed by atoms with Gasteiger partial charge in [-0.15, -0.1) is 0 Å². The van der Waals surface area contributed by atoms with Crippen LogP contribution >= 0.6 is 0 Å². The van der Waals surface area contributed by atoms with Gasteiger partial charge in [0.05, 0.1) is 22.7 Å². The molecule has 5 rings (SSSR count). The largest absolute Gasteiger partial charge is 0.481 e. The number of carboxylic acid groups (broad SMARTS) is 3. The van der Waals surface area contributed by atoms with Gasteiger partial charge in [-0.1, -0.05) is 25.3 Å². The van der Waals surface area contributed by atoms with Gasteiger partial charge in [0.2, 0.25) is 0 Å². The second-order valence-corrected chi connectivity index (χ2v) is 12.9. The third-order valence-electron chi connectivity index (χ3n) is 9.77. The summed E-state index contributed by atoms with van der Waals surface area (Å²) in [4.78, 5) is 63.0. The number of carbonyl (C=O) groups is 4. The number of aromatic amines is 4. The second-order valence-electron chi connectivity index (χ2n) is 12.9. The molecule has 0 unspecified atom stereocenters. The zero-order valence-electron chi connectivity index (χ0n) is 29.2. The SMILES string of the molecule is C=Cc1c2[nH]c(c1C)C(C(=O)[C@@H](N)CCC(=O)O)=c1[nH]c(c(C)c1C=C)=Cc1[nH]c(c(CCC(=O)O)c1C)C=c1[nH]c(c(C)c1CCC(=O)O)=C2. The van der Waals surface area contributed by atoms with Crippen molar-refractivity contribution in [2.45, 2.75) is 72.3 Å². The number of nitrogens with two attached hydrogens (primary N) is 1. The first-order valence-corrected chi connectivity index (χ1v) is 16.7. The Morgan fingerprint density at radius 2 is 1.24 bits per heavy atom. The third kappa shape index (κ3) is 7.08. The number of aliphatic carboxylic acids is 3. The number of fused-ring (bicyclic) bond motifs is 8. The van der Waals surface area contributed by atoms with Crippen molar-refractivity contribution in [1.29, 1.82) is 0 Å². The number of ketones is 1. The normalized spacial score (nSPS) is 12.8. The molecule has 8 bridgehead atoms. The second kappa shape index (κ2) is 14.5. The van der Waals surface area contributed by atoms with Crippen molar-refractivity contribution in [3.05, 3.63) is 102 Å². The van der Waals surface area contributed by atoms with E-state index >= 15 is 0 Å². The Labute approximate surface area is 293 Å². The van der Waals surface area contributed by atoms with Gasteiger partial charge in [0.15, 0.2) is 5.78 Å². The minimum atomic E-state index is -1.12. The Bertz CT molecular complexity index is 2380. The van der Waals surface area contributed by atoms with Crippen molar-refractivity contribution in [3.8, 4) is 0 Å². The van der Waals surface area contributed by atoms with Gasteiger partial charge in [-0.25, -0.2) is 0 Å². The Kier molecular flexibility index (Phi) is 10.4. The van der Waals surface area contributed by atoms with Crippen molar-refractivity contribution in [2.75, 3.05) is 0 Å². The number of hydrogen-bond donors (Lipinski definition) is 8. The van der Waals surface area contributed by atoms with Gasteiger partial charge in [0.25, 0.3) is 0 Å². The molecule has 12 heteroatoms. The fraction of sp³-hybridized carbons (Fsp3) is 0.282. The van der Waals surface area contributed by atoms with Crippen molar-refractivity contribution >= 4 is 59.6 Å². The Morgan fingerprint density at radius 1 is 0.667 bits per heavy atom. The number of nitrogens with one attached hydrogen (secondary N) is 4. The van der Waals surface area contributed by atoms with E-state index in [4.69, 9.17) is 5.73 Å². The van der Waals surface area contributed by atoms with E-state index in [1.165, 1.54) is 0 Å². The van der Waals surface area contributed by atoms with Gasteiger partial charge >= 0.3 is 17.9 Å². The van der Waals surface area contributed by atoms with Crippen LogP contribution in [0.3, 0.4) is 0 Å². The summed E-state index contributed by atoms with van der Waals surface area (Å²) in [5, 5.41) is 31.0. The maximum absolute atomic E-state index is 14.4. The summed E-state index contributed by atoms with van der Waals surface area (Å²) in [6.45, 7) is 15.7. The standard InChI is InChI=1S/C39H43N5O7/c1-7-22-21(6)37-36(39(51)26(40)11-14-35(49)50)38-23(8-2)18(3)29(43-38)15-27-19(4)24(9-12-33(45)46)31(41-27)17-32-25(10-13-34(47)48)20(5)28(42-32)16-30(22)44-37/h7-8,15-17,26,41-44H,1-2,9-14,40H2,3-6H3,(H,45,46)(H,47,48)(H,49,50)/t26-/m0/s1. The third-order valence-corrected chi connectivity index (χ3v) is 9.77. The highest BCUT2D eigenvalue weighted by Crippen LogP contribution is 2.27. The van der Waals surface area contributed by atoms with Crippen molar-refractivity contribution in [2.24, 2.45) is 5.73 Å². The maximum Gasteiger partial charge on any atom is 0.303 e. The van der Waals surface area contributed by atoms with Gasteiger partial charge in [0.1, 0.15) is 0 Å². The highest BCUT2D eigenvalue weighted by molar-refractivity contribution is 6.23. The average Bonchev–Trinajstić information content (AvgIpc) is 3.74. The highest BCUT2D eigenvalue weighted by Gasteiger charge is 2.27. The van der Waals surface area contributed by atoms with E-state index in [0.717, 1.165) is 38.9 Å². The first kappa shape index (κ1) is 36.4. The predicted octanol–water partition coefficient (Wildman–Crippen LogP) is 2.31. The Morgan fingerprint density at radius 3 is 1.84 bits per heavy atom. The predicted molar refractivity (Wildman–Crippen MR) is 196 cm³/mol. The summed E-state index contributed by atoms with van der Waals surface area (Å²) in [6.07, 6.45) is 8.97. The lowest BCUT2D eigenvalue weighted by Crippen LogP contribution is -2.35. The summed E-state index contributed by atoms with van der Waals surface area (Å²) < 4.78 is 0. The van der Waals surface area contributed by atoms with Crippen LogP contribution in [0.25, 0.3) is 36.0 Å². The molecule has 0 radical (unpaired) electrons. The molecule has 1 aliphatic heterocycles. The lowest BCUT2D eigenvalue weighted by Gasteiger charge is -2.13. The van der Waals surface area contributed by atoms with E-state index in [1.54, 1.807) is 12.2 Å². The molecule has 0 spiro atoms. The summed E-state index contributed by atoms with van der Waals surface area (Å²) in [6, 6.07) is -1.12. The molecule has 266 valence electrons. The molecule has 0 saturated heterocycles. The maximum atomic E-state index is 14.4. The topological polar surface area (TPSA) is 218 Å².